The first-order chi connectivity index (χ1) is 9.22. The molecule has 0 fully saturated rings. The van der Waals surface area contributed by atoms with Gasteiger partial charge in [0.05, 0.1) is 10.2 Å². The predicted molar refractivity (Wildman–Crippen MR) is 79.5 cm³/mol. The summed E-state index contributed by atoms with van der Waals surface area (Å²) in [7, 11) is 0. The number of pyridine rings is 1. The van der Waals surface area contributed by atoms with Crippen LogP contribution >= 0.6 is 27.3 Å². The van der Waals surface area contributed by atoms with Gasteiger partial charge in [-0.1, -0.05) is 33.3 Å². The van der Waals surface area contributed by atoms with Gasteiger partial charge in [-0.15, -0.1) is 0 Å². The third-order valence-corrected chi connectivity index (χ3v) is 3.90. The summed E-state index contributed by atoms with van der Waals surface area (Å²) in [4.78, 5) is 20.3. The van der Waals surface area contributed by atoms with E-state index in [0.29, 0.717) is 10.8 Å². The zero-order valence-electron chi connectivity index (χ0n) is 9.63. The lowest BCUT2D eigenvalue weighted by molar-refractivity contribution is 0.102. The molecule has 0 atom stereocenters. The highest BCUT2D eigenvalue weighted by molar-refractivity contribution is 9.10. The third kappa shape index (κ3) is 2.64. The van der Waals surface area contributed by atoms with Crippen molar-refractivity contribution < 1.29 is 4.79 Å². The zero-order chi connectivity index (χ0) is 13.2. The van der Waals surface area contributed by atoms with Crippen molar-refractivity contribution in [2.24, 2.45) is 0 Å². The molecule has 0 saturated carbocycles. The molecular formula is C13H8BrN3OS. The molecule has 3 aromatic rings. The molecular weight excluding hydrogens is 326 g/mol. The molecule has 6 heteroatoms. The molecule has 0 aliphatic heterocycles. The molecule has 0 radical (unpaired) electrons. The van der Waals surface area contributed by atoms with Crippen molar-refractivity contribution >= 4 is 48.5 Å². The van der Waals surface area contributed by atoms with Gasteiger partial charge in [-0.3, -0.25) is 15.1 Å². The Kier molecular flexibility index (Phi) is 3.27. The lowest BCUT2D eigenvalue weighted by Crippen LogP contribution is -2.12. The lowest BCUT2D eigenvalue weighted by atomic mass is 10.3. The van der Waals surface area contributed by atoms with E-state index in [9.17, 15) is 4.79 Å². The van der Waals surface area contributed by atoms with E-state index in [0.717, 1.165) is 14.7 Å². The van der Waals surface area contributed by atoms with Gasteiger partial charge in [0, 0.05) is 10.7 Å². The maximum Gasteiger partial charge on any atom is 0.276 e. The summed E-state index contributed by atoms with van der Waals surface area (Å²) in [5.41, 5.74) is 1.24. The van der Waals surface area contributed by atoms with Crippen LogP contribution in [0, 0.1) is 0 Å². The van der Waals surface area contributed by atoms with Crippen molar-refractivity contribution in [3.63, 3.8) is 0 Å². The molecule has 0 spiro atoms. The summed E-state index contributed by atoms with van der Waals surface area (Å²) in [6.45, 7) is 0. The number of halogens is 1. The van der Waals surface area contributed by atoms with E-state index in [-0.39, 0.29) is 5.91 Å². The summed E-state index contributed by atoms with van der Waals surface area (Å²) in [5, 5.41) is 3.33. The van der Waals surface area contributed by atoms with Crippen molar-refractivity contribution in [1.82, 2.24) is 9.97 Å². The van der Waals surface area contributed by atoms with E-state index in [1.54, 1.807) is 24.4 Å². The number of amides is 1. The number of anilines is 1. The maximum atomic E-state index is 11.9. The molecule has 94 valence electrons. The lowest BCUT2D eigenvalue weighted by Gasteiger charge is -1.99. The number of thiazole rings is 1. The van der Waals surface area contributed by atoms with Crippen molar-refractivity contribution in [3.8, 4) is 0 Å². The Balaban J connectivity index is 1.87. The van der Waals surface area contributed by atoms with Gasteiger partial charge < -0.3 is 0 Å². The smallest absolute Gasteiger partial charge is 0.276 e. The summed E-state index contributed by atoms with van der Waals surface area (Å²) in [6.07, 6.45) is 1.59. The van der Waals surface area contributed by atoms with Gasteiger partial charge in [0.2, 0.25) is 0 Å². The molecule has 0 aliphatic rings. The van der Waals surface area contributed by atoms with Crippen LogP contribution in [0.2, 0.25) is 0 Å². The molecule has 1 N–H and O–H groups in total. The number of hydrogen-bond donors (Lipinski definition) is 1. The fraction of sp³-hybridized carbons (Fsp3) is 0. The quantitative estimate of drug-likeness (QED) is 0.777. The Morgan fingerprint density at radius 2 is 2.16 bits per heavy atom. The van der Waals surface area contributed by atoms with Crippen molar-refractivity contribution in [2.75, 3.05) is 5.32 Å². The molecule has 4 nitrogen and oxygen atoms in total. The topological polar surface area (TPSA) is 54.9 Å². The molecule has 0 bridgehead atoms. The highest BCUT2D eigenvalue weighted by atomic mass is 79.9. The van der Waals surface area contributed by atoms with Crippen molar-refractivity contribution in [1.29, 1.82) is 0 Å². The van der Waals surface area contributed by atoms with Gasteiger partial charge in [0.25, 0.3) is 5.91 Å². The highest BCUT2D eigenvalue weighted by Gasteiger charge is 2.10. The van der Waals surface area contributed by atoms with Crippen LogP contribution in [-0.4, -0.2) is 15.9 Å². The number of benzene rings is 1. The van der Waals surface area contributed by atoms with Crippen LogP contribution in [0.1, 0.15) is 10.5 Å². The number of fused-ring (bicyclic) bond motifs is 1. The second-order valence-electron chi connectivity index (χ2n) is 3.80. The monoisotopic (exact) mass is 333 g/mol. The fourth-order valence-electron chi connectivity index (χ4n) is 1.61. The average Bonchev–Trinajstić information content (AvgIpc) is 2.81. The van der Waals surface area contributed by atoms with Crippen LogP contribution in [0.25, 0.3) is 10.2 Å². The first kappa shape index (κ1) is 12.3. The molecule has 0 saturated heterocycles. The third-order valence-electron chi connectivity index (χ3n) is 2.47. The Morgan fingerprint density at radius 3 is 2.95 bits per heavy atom. The van der Waals surface area contributed by atoms with Gasteiger partial charge in [-0.05, 0) is 30.3 Å². The second-order valence-corrected chi connectivity index (χ2v) is 5.75. The van der Waals surface area contributed by atoms with Gasteiger partial charge >= 0.3 is 0 Å². The normalized spacial score (nSPS) is 10.6. The standard InChI is InChI=1S/C13H8BrN3OS/c14-8-4-5-9-11(7-8)19-13(16-9)17-12(18)10-3-1-2-6-15-10/h1-7H,(H,16,17,18). The largest absolute Gasteiger partial charge is 0.296 e. The van der Waals surface area contributed by atoms with E-state index in [1.165, 1.54) is 11.3 Å². The summed E-state index contributed by atoms with van der Waals surface area (Å²) < 4.78 is 2.01. The number of hydrogen-bond acceptors (Lipinski definition) is 4. The van der Waals surface area contributed by atoms with Gasteiger partial charge in [0.1, 0.15) is 5.69 Å². The number of carbonyl (C=O) groups is 1. The van der Waals surface area contributed by atoms with Crippen LogP contribution in [0.4, 0.5) is 5.13 Å². The van der Waals surface area contributed by atoms with Crippen molar-refractivity contribution in [2.45, 2.75) is 0 Å². The van der Waals surface area contributed by atoms with Gasteiger partial charge in [0.15, 0.2) is 5.13 Å². The summed E-state index contributed by atoms with van der Waals surface area (Å²) in [6, 6.07) is 11.0. The van der Waals surface area contributed by atoms with Crippen LogP contribution < -0.4 is 5.32 Å². The number of rotatable bonds is 2. The molecule has 0 aliphatic carbocycles. The Hall–Kier alpha value is -1.79. The molecule has 2 heterocycles. The predicted octanol–water partition coefficient (Wildman–Crippen LogP) is 3.71. The van der Waals surface area contributed by atoms with E-state index in [2.05, 4.69) is 31.2 Å². The SMILES string of the molecule is O=C(Nc1nc2ccc(Br)cc2s1)c1ccccn1. The zero-order valence-corrected chi connectivity index (χ0v) is 12.0. The van der Waals surface area contributed by atoms with Gasteiger partial charge in [-0.2, -0.15) is 0 Å². The Bertz CT molecular complexity index is 742. The number of aromatic nitrogens is 2. The van der Waals surface area contributed by atoms with Crippen LogP contribution in [0.15, 0.2) is 47.1 Å². The molecule has 1 amide bonds. The summed E-state index contributed by atoms with van der Waals surface area (Å²) >= 11 is 4.84. The molecule has 3 rings (SSSR count). The first-order valence-corrected chi connectivity index (χ1v) is 7.12. The summed E-state index contributed by atoms with van der Waals surface area (Å²) in [5.74, 6) is -0.251. The average molecular weight is 334 g/mol. The molecule has 1 aromatic carbocycles. The minimum absolute atomic E-state index is 0.251. The number of nitrogens with zero attached hydrogens (tertiary/aromatic N) is 2. The molecule has 0 unspecified atom stereocenters. The highest BCUT2D eigenvalue weighted by Crippen LogP contribution is 2.28. The van der Waals surface area contributed by atoms with Crippen molar-refractivity contribution in [3.05, 3.63) is 52.8 Å². The maximum absolute atomic E-state index is 11.9. The first-order valence-electron chi connectivity index (χ1n) is 5.51. The molecule has 19 heavy (non-hydrogen) atoms. The van der Waals surface area contributed by atoms with E-state index in [4.69, 9.17) is 0 Å². The van der Waals surface area contributed by atoms with E-state index in [1.807, 2.05) is 18.2 Å². The Morgan fingerprint density at radius 1 is 1.26 bits per heavy atom. The van der Waals surface area contributed by atoms with Crippen LogP contribution in [0.5, 0.6) is 0 Å². The minimum Gasteiger partial charge on any atom is -0.296 e. The van der Waals surface area contributed by atoms with E-state index < -0.39 is 0 Å². The van der Waals surface area contributed by atoms with E-state index >= 15 is 0 Å². The number of carbonyl (C=O) groups excluding carboxylic acids is 1. The Labute approximate surface area is 121 Å². The van der Waals surface area contributed by atoms with Gasteiger partial charge in [-0.25, -0.2) is 4.98 Å². The number of nitrogens with one attached hydrogen (secondary N) is 1. The second kappa shape index (κ2) is 5.07. The molecule has 2 aromatic heterocycles. The van der Waals surface area contributed by atoms with Crippen LogP contribution in [-0.2, 0) is 0 Å². The van der Waals surface area contributed by atoms with Crippen LogP contribution in [0.3, 0.4) is 0 Å². The fourth-order valence-corrected chi connectivity index (χ4v) is 3.02. The minimum atomic E-state index is -0.251.